The fourth-order valence-corrected chi connectivity index (χ4v) is 2.57. The summed E-state index contributed by atoms with van der Waals surface area (Å²) >= 11 is 0. The first-order valence-electron chi connectivity index (χ1n) is 8.01. The zero-order valence-electron chi connectivity index (χ0n) is 13.8. The Morgan fingerprint density at radius 3 is 2.46 bits per heavy atom. The third kappa shape index (κ3) is 4.01. The van der Waals surface area contributed by atoms with Gasteiger partial charge < -0.3 is 10.5 Å². The second-order valence-electron chi connectivity index (χ2n) is 5.71. The summed E-state index contributed by atoms with van der Waals surface area (Å²) in [7, 11) is 2.04. The van der Waals surface area contributed by atoms with Crippen molar-refractivity contribution in [3.8, 4) is 22.6 Å². The molecule has 0 saturated heterocycles. The molecule has 0 unspecified atom stereocenters. The quantitative estimate of drug-likeness (QED) is 0.700. The average Bonchev–Trinajstić information content (AvgIpc) is 3.05. The lowest BCUT2D eigenvalue weighted by Gasteiger charge is -2.14. The van der Waals surface area contributed by atoms with E-state index in [2.05, 4.69) is 27.2 Å². The minimum Gasteiger partial charge on any atom is -0.457 e. The number of hydrogen-bond donors (Lipinski definition) is 2. The molecule has 1 aromatic heterocycles. The first kappa shape index (κ1) is 16.2. The summed E-state index contributed by atoms with van der Waals surface area (Å²) in [6.45, 7) is 2.25. The Kier molecular flexibility index (Phi) is 5.25. The summed E-state index contributed by atoms with van der Waals surface area (Å²) in [4.78, 5) is 2.16. The van der Waals surface area contributed by atoms with E-state index in [1.54, 1.807) is 0 Å². The molecular formula is C19H22N4O. The number of nitrogens with two attached hydrogens (primary N) is 1. The molecule has 0 spiro atoms. The lowest BCUT2D eigenvalue weighted by molar-refractivity contribution is 0.332. The van der Waals surface area contributed by atoms with E-state index in [9.17, 15) is 0 Å². The average molecular weight is 322 g/mol. The summed E-state index contributed by atoms with van der Waals surface area (Å²) in [5.41, 5.74) is 8.83. The van der Waals surface area contributed by atoms with Crippen molar-refractivity contribution in [2.24, 2.45) is 5.73 Å². The number of aromatic amines is 1. The molecule has 0 aliphatic rings. The molecule has 0 amide bonds. The van der Waals surface area contributed by atoms with Gasteiger partial charge in [-0.25, -0.2) is 0 Å². The molecule has 0 bridgehead atoms. The van der Waals surface area contributed by atoms with Crippen molar-refractivity contribution in [3.63, 3.8) is 0 Å². The van der Waals surface area contributed by atoms with Crippen LogP contribution in [-0.4, -0.2) is 35.2 Å². The molecule has 0 saturated carbocycles. The molecule has 124 valence electrons. The van der Waals surface area contributed by atoms with Crippen LogP contribution >= 0.6 is 0 Å². The van der Waals surface area contributed by atoms with Crippen LogP contribution in [0, 0.1) is 0 Å². The summed E-state index contributed by atoms with van der Waals surface area (Å²) in [6.07, 6.45) is 1.93. The predicted octanol–water partition coefficient (Wildman–Crippen LogP) is 3.26. The van der Waals surface area contributed by atoms with Crippen LogP contribution in [0.4, 0.5) is 0 Å². The van der Waals surface area contributed by atoms with Crippen LogP contribution in [0.15, 0.2) is 60.8 Å². The molecule has 0 fully saturated rings. The van der Waals surface area contributed by atoms with E-state index in [1.165, 1.54) is 0 Å². The molecule has 3 N–H and O–H groups in total. The number of rotatable bonds is 7. The van der Waals surface area contributed by atoms with Gasteiger partial charge in [-0.3, -0.25) is 10.00 Å². The zero-order valence-corrected chi connectivity index (χ0v) is 13.8. The van der Waals surface area contributed by atoms with Gasteiger partial charge in [-0.05, 0) is 36.9 Å². The van der Waals surface area contributed by atoms with Crippen molar-refractivity contribution in [1.29, 1.82) is 0 Å². The second kappa shape index (κ2) is 7.77. The van der Waals surface area contributed by atoms with Crippen molar-refractivity contribution in [2.45, 2.75) is 6.54 Å². The number of benzene rings is 2. The van der Waals surface area contributed by atoms with Gasteiger partial charge in [-0.2, -0.15) is 5.10 Å². The lowest BCUT2D eigenvalue weighted by Crippen LogP contribution is -2.25. The van der Waals surface area contributed by atoms with Gasteiger partial charge in [-0.15, -0.1) is 0 Å². The number of nitrogens with zero attached hydrogens (tertiary/aromatic N) is 2. The summed E-state index contributed by atoms with van der Waals surface area (Å²) in [6, 6.07) is 17.8. The number of para-hydroxylation sites is 1. The Bertz CT molecular complexity index is 753. The third-order valence-corrected chi connectivity index (χ3v) is 3.79. The van der Waals surface area contributed by atoms with Crippen molar-refractivity contribution >= 4 is 0 Å². The minimum absolute atomic E-state index is 0.641. The molecule has 5 nitrogen and oxygen atoms in total. The largest absolute Gasteiger partial charge is 0.457 e. The topological polar surface area (TPSA) is 67.2 Å². The van der Waals surface area contributed by atoms with Gasteiger partial charge in [0.05, 0.1) is 5.69 Å². The molecule has 24 heavy (non-hydrogen) atoms. The van der Waals surface area contributed by atoms with Crippen LogP contribution in [0.3, 0.4) is 0 Å². The number of hydrogen-bond acceptors (Lipinski definition) is 4. The van der Waals surface area contributed by atoms with Gasteiger partial charge in [0.1, 0.15) is 11.5 Å². The maximum absolute atomic E-state index is 5.83. The Labute approximate surface area is 142 Å². The van der Waals surface area contributed by atoms with E-state index in [0.717, 1.165) is 41.4 Å². The van der Waals surface area contributed by atoms with Gasteiger partial charge in [0.15, 0.2) is 0 Å². The highest BCUT2D eigenvalue weighted by Crippen LogP contribution is 2.27. The monoisotopic (exact) mass is 322 g/mol. The van der Waals surface area contributed by atoms with E-state index in [4.69, 9.17) is 10.5 Å². The molecule has 0 aliphatic carbocycles. The van der Waals surface area contributed by atoms with E-state index in [1.807, 2.05) is 55.7 Å². The molecular weight excluding hydrogens is 300 g/mol. The van der Waals surface area contributed by atoms with Gasteiger partial charge in [0.25, 0.3) is 0 Å². The first-order valence-corrected chi connectivity index (χ1v) is 8.01. The Balaban J connectivity index is 1.73. The Morgan fingerprint density at radius 2 is 1.75 bits per heavy atom. The predicted molar refractivity (Wildman–Crippen MR) is 95.9 cm³/mol. The van der Waals surface area contributed by atoms with Crippen LogP contribution in [0.2, 0.25) is 0 Å². The van der Waals surface area contributed by atoms with Crippen molar-refractivity contribution in [3.05, 3.63) is 66.5 Å². The molecule has 0 aliphatic heterocycles. The third-order valence-electron chi connectivity index (χ3n) is 3.79. The number of ether oxygens (including phenoxy) is 1. The van der Waals surface area contributed by atoms with E-state index in [0.29, 0.717) is 6.54 Å². The highest BCUT2D eigenvalue weighted by Gasteiger charge is 2.10. The van der Waals surface area contributed by atoms with E-state index < -0.39 is 0 Å². The SMILES string of the molecule is CN(CCN)Cc1n[nH]cc1-c1ccc(Oc2ccccc2)cc1. The minimum atomic E-state index is 0.641. The summed E-state index contributed by atoms with van der Waals surface area (Å²) in [5.74, 6) is 1.65. The van der Waals surface area contributed by atoms with Crippen molar-refractivity contribution < 1.29 is 4.74 Å². The van der Waals surface area contributed by atoms with Crippen molar-refractivity contribution in [1.82, 2.24) is 15.1 Å². The van der Waals surface area contributed by atoms with Crippen LogP contribution < -0.4 is 10.5 Å². The maximum atomic E-state index is 5.83. The molecule has 2 aromatic carbocycles. The fraction of sp³-hybridized carbons (Fsp3) is 0.211. The highest BCUT2D eigenvalue weighted by atomic mass is 16.5. The Hall–Kier alpha value is -2.63. The van der Waals surface area contributed by atoms with Gasteiger partial charge in [0.2, 0.25) is 0 Å². The molecule has 3 rings (SSSR count). The summed E-state index contributed by atoms with van der Waals surface area (Å²) in [5, 5.41) is 7.33. The number of aromatic nitrogens is 2. The van der Waals surface area contributed by atoms with E-state index >= 15 is 0 Å². The zero-order chi connectivity index (χ0) is 16.8. The van der Waals surface area contributed by atoms with Crippen LogP contribution in [0.25, 0.3) is 11.1 Å². The van der Waals surface area contributed by atoms with Gasteiger partial charge in [0, 0.05) is 31.4 Å². The Morgan fingerprint density at radius 1 is 1.04 bits per heavy atom. The van der Waals surface area contributed by atoms with Crippen LogP contribution in [0.1, 0.15) is 5.69 Å². The number of H-pyrrole nitrogens is 1. The normalized spacial score (nSPS) is 11.0. The lowest BCUT2D eigenvalue weighted by atomic mass is 10.1. The molecule has 3 aromatic rings. The van der Waals surface area contributed by atoms with Crippen molar-refractivity contribution in [2.75, 3.05) is 20.1 Å². The summed E-state index contributed by atoms with van der Waals surface area (Å²) < 4.78 is 5.83. The molecule has 0 radical (unpaired) electrons. The van der Waals surface area contributed by atoms with Gasteiger partial charge >= 0.3 is 0 Å². The standard InChI is InChI=1S/C19H22N4O/c1-23(12-11-20)14-19-18(13-21-22-19)15-7-9-17(10-8-15)24-16-5-3-2-4-6-16/h2-10,13H,11-12,14,20H2,1H3,(H,21,22). The smallest absolute Gasteiger partial charge is 0.127 e. The maximum Gasteiger partial charge on any atom is 0.127 e. The van der Waals surface area contributed by atoms with E-state index in [-0.39, 0.29) is 0 Å². The van der Waals surface area contributed by atoms with Crippen LogP contribution in [0.5, 0.6) is 11.5 Å². The van der Waals surface area contributed by atoms with Crippen LogP contribution in [-0.2, 0) is 6.54 Å². The fourth-order valence-electron chi connectivity index (χ4n) is 2.57. The first-order chi connectivity index (χ1) is 11.8. The molecule has 0 atom stereocenters. The molecule has 1 heterocycles. The number of nitrogens with one attached hydrogen (secondary N) is 1. The highest BCUT2D eigenvalue weighted by molar-refractivity contribution is 5.66. The number of likely N-dealkylation sites (N-methyl/N-ethyl adjacent to an activating group) is 1. The second-order valence-corrected chi connectivity index (χ2v) is 5.71. The molecule has 5 heteroatoms. The van der Waals surface area contributed by atoms with Gasteiger partial charge in [-0.1, -0.05) is 30.3 Å².